The van der Waals surface area contributed by atoms with E-state index in [-0.39, 0.29) is 11.1 Å². The van der Waals surface area contributed by atoms with Crippen LogP contribution in [0.3, 0.4) is 0 Å². The Morgan fingerprint density at radius 2 is 1.78 bits per heavy atom. The van der Waals surface area contributed by atoms with Crippen molar-refractivity contribution in [1.29, 1.82) is 5.26 Å². The molecule has 0 aliphatic rings. The first kappa shape index (κ1) is 20.8. The first-order valence-electron chi connectivity index (χ1n) is 9.86. The fourth-order valence-electron chi connectivity index (χ4n) is 3.14. The molecule has 4 aromatic carbocycles. The molecule has 0 radical (unpaired) electrons. The summed E-state index contributed by atoms with van der Waals surface area (Å²) in [7, 11) is 0. The second kappa shape index (κ2) is 9.54. The summed E-state index contributed by atoms with van der Waals surface area (Å²) in [5, 5.41) is 15.0. The van der Waals surface area contributed by atoms with E-state index in [0.29, 0.717) is 12.4 Å². The van der Waals surface area contributed by atoms with Crippen molar-refractivity contribution in [3.63, 3.8) is 0 Å². The van der Waals surface area contributed by atoms with Crippen LogP contribution in [0, 0.1) is 17.1 Å². The number of hydrogen-bond acceptors (Lipinski definition) is 4. The van der Waals surface area contributed by atoms with E-state index < -0.39 is 11.7 Å². The summed E-state index contributed by atoms with van der Waals surface area (Å²) < 4.78 is 19.7. The highest BCUT2D eigenvalue weighted by atomic mass is 19.1. The van der Waals surface area contributed by atoms with Crippen molar-refractivity contribution < 1.29 is 13.9 Å². The van der Waals surface area contributed by atoms with Gasteiger partial charge in [0, 0.05) is 0 Å². The van der Waals surface area contributed by atoms with Gasteiger partial charge in [-0.05, 0) is 70.4 Å². The van der Waals surface area contributed by atoms with E-state index in [1.165, 1.54) is 29.1 Å². The zero-order chi connectivity index (χ0) is 22.3. The number of rotatable bonds is 6. The van der Waals surface area contributed by atoms with Crippen LogP contribution in [-0.4, -0.2) is 12.1 Å². The minimum atomic E-state index is -0.773. The van der Waals surface area contributed by atoms with Crippen LogP contribution in [0.4, 0.5) is 4.39 Å². The second-order valence-corrected chi connectivity index (χ2v) is 7.04. The van der Waals surface area contributed by atoms with Crippen LogP contribution < -0.4 is 10.2 Å². The Hall–Kier alpha value is -4.50. The molecule has 156 valence electrons. The third-order valence-corrected chi connectivity index (χ3v) is 4.82. The van der Waals surface area contributed by atoms with E-state index in [1.807, 2.05) is 36.4 Å². The molecule has 5 nitrogen and oxygen atoms in total. The molecule has 0 spiro atoms. The van der Waals surface area contributed by atoms with E-state index in [9.17, 15) is 9.18 Å². The number of hydrazone groups is 1. The Balaban J connectivity index is 1.32. The highest BCUT2D eigenvalue weighted by Crippen LogP contribution is 2.18. The van der Waals surface area contributed by atoms with Crippen molar-refractivity contribution >= 4 is 22.9 Å². The molecule has 0 aliphatic carbocycles. The van der Waals surface area contributed by atoms with E-state index in [4.69, 9.17) is 10.00 Å². The summed E-state index contributed by atoms with van der Waals surface area (Å²) in [5.41, 5.74) is 4.06. The Bertz CT molecular complexity index is 1340. The molecule has 4 aromatic rings. The largest absolute Gasteiger partial charge is 0.489 e. The molecule has 1 N–H and O–H groups in total. The first-order valence-corrected chi connectivity index (χ1v) is 9.86. The van der Waals surface area contributed by atoms with Gasteiger partial charge in [0.1, 0.15) is 18.2 Å². The maximum Gasteiger partial charge on any atom is 0.274 e. The lowest BCUT2D eigenvalue weighted by Gasteiger charge is -2.07. The Morgan fingerprint density at radius 1 is 1.00 bits per heavy atom. The molecule has 0 heterocycles. The number of benzene rings is 4. The van der Waals surface area contributed by atoms with Gasteiger partial charge in [0.25, 0.3) is 5.91 Å². The number of carbonyl (C=O) groups excluding carboxylic acids is 1. The average molecular weight is 423 g/mol. The quantitative estimate of drug-likeness (QED) is 0.342. The third-order valence-electron chi connectivity index (χ3n) is 4.82. The molecule has 0 saturated heterocycles. The van der Waals surface area contributed by atoms with Crippen molar-refractivity contribution in [1.82, 2.24) is 5.43 Å². The topological polar surface area (TPSA) is 74.5 Å². The average Bonchev–Trinajstić information content (AvgIpc) is 2.83. The van der Waals surface area contributed by atoms with Crippen molar-refractivity contribution in [2.75, 3.05) is 0 Å². The molecule has 0 bridgehead atoms. The number of amides is 1. The first-order chi connectivity index (χ1) is 15.6. The van der Waals surface area contributed by atoms with Crippen LogP contribution >= 0.6 is 0 Å². The van der Waals surface area contributed by atoms with Gasteiger partial charge in [-0.15, -0.1) is 0 Å². The van der Waals surface area contributed by atoms with E-state index in [2.05, 4.69) is 34.8 Å². The number of fused-ring (bicyclic) bond motifs is 1. The summed E-state index contributed by atoms with van der Waals surface area (Å²) in [4.78, 5) is 12.0. The molecule has 0 aliphatic heterocycles. The van der Waals surface area contributed by atoms with Crippen molar-refractivity contribution in [2.45, 2.75) is 6.61 Å². The Labute approximate surface area is 184 Å². The fourth-order valence-corrected chi connectivity index (χ4v) is 3.14. The predicted octanol–water partition coefficient (Wildman–Crippen LogP) is 5.19. The van der Waals surface area contributed by atoms with Gasteiger partial charge in [-0.2, -0.15) is 10.4 Å². The smallest absolute Gasteiger partial charge is 0.274 e. The van der Waals surface area contributed by atoms with E-state index >= 15 is 0 Å². The summed E-state index contributed by atoms with van der Waals surface area (Å²) in [6.07, 6.45) is 1.45. The Morgan fingerprint density at radius 3 is 2.53 bits per heavy atom. The number of nitriles is 1. The summed E-state index contributed by atoms with van der Waals surface area (Å²) in [5.74, 6) is -0.762. The maximum atomic E-state index is 13.9. The minimum Gasteiger partial charge on any atom is -0.489 e. The number of carbonyl (C=O) groups is 1. The van der Waals surface area contributed by atoms with Crippen LogP contribution in [0.1, 0.15) is 27.0 Å². The summed E-state index contributed by atoms with van der Waals surface area (Å²) in [6, 6.07) is 27.1. The third kappa shape index (κ3) is 4.97. The van der Waals surface area contributed by atoms with Gasteiger partial charge >= 0.3 is 0 Å². The van der Waals surface area contributed by atoms with Gasteiger partial charge in [0.15, 0.2) is 0 Å². The van der Waals surface area contributed by atoms with Gasteiger partial charge in [-0.3, -0.25) is 4.79 Å². The predicted molar refractivity (Wildman–Crippen MR) is 121 cm³/mol. The van der Waals surface area contributed by atoms with Crippen LogP contribution in [-0.2, 0) is 6.61 Å². The van der Waals surface area contributed by atoms with Crippen LogP contribution in [0.5, 0.6) is 5.75 Å². The van der Waals surface area contributed by atoms with Gasteiger partial charge in [-0.1, -0.05) is 36.4 Å². The van der Waals surface area contributed by atoms with Gasteiger partial charge < -0.3 is 4.74 Å². The lowest BCUT2D eigenvalue weighted by molar-refractivity contribution is 0.0951. The molecule has 4 rings (SSSR count). The van der Waals surface area contributed by atoms with Gasteiger partial charge in [0.2, 0.25) is 0 Å². The highest BCUT2D eigenvalue weighted by molar-refractivity contribution is 5.95. The highest BCUT2D eigenvalue weighted by Gasteiger charge is 2.11. The molecule has 0 saturated carbocycles. The zero-order valence-electron chi connectivity index (χ0n) is 17.0. The molecular weight excluding hydrogens is 405 g/mol. The van der Waals surface area contributed by atoms with E-state index in [1.54, 1.807) is 12.1 Å². The Kier molecular flexibility index (Phi) is 6.19. The molecule has 32 heavy (non-hydrogen) atoms. The number of halogens is 1. The van der Waals surface area contributed by atoms with Crippen LogP contribution in [0.15, 0.2) is 90.0 Å². The van der Waals surface area contributed by atoms with E-state index in [0.717, 1.165) is 17.2 Å². The van der Waals surface area contributed by atoms with Gasteiger partial charge in [0.05, 0.1) is 23.4 Å². The maximum absolute atomic E-state index is 13.9. The van der Waals surface area contributed by atoms with Crippen molar-refractivity contribution in [2.24, 2.45) is 5.10 Å². The number of ether oxygens (including phenoxy) is 1. The molecule has 6 heteroatoms. The number of hydrogen-bond donors (Lipinski definition) is 1. The monoisotopic (exact) mass is 423 g/mol. The number of nitrogens with one attached hydrogen (secondary N) is 1. The van der Waals surface area contributed by atoms with Crippen LogP contribution in [0.25, 0.3) is 10.8 Å². The van der Waals surface area contributed by atoms with Crippen molar-refractivity contribution in [3.8, 4) is 11.8 Å². The van der Waals surface area contributed by atoms with Crippen LogP contribution in [0.2, 0.25) is 0 Å². The summed E-state index contributed by atoms with van der Waals surface area (Å²) in [6.45, 7) is 0.449. The molecule has 1 amide bonds. The van der Waals surface area contributed by atoms with Gasteiger partial charge in [-0.25, -0.2) is 9.82 Å². The summed E-state index contributed by atoms with van der Waals surface area (Å²) >= 11 is 0. The number of nitrogens with zero attached hydrogens (tertiary/aromatic N) is 2. The molecular formula is C26H18FN3O2. The second-order valence-electron chi connectivity index (χ2n) is 7.04. The standard InChI is InChI=1S/C26H18FN3O2/c27-25-14-19(15-28)8-12-24(25)26(31)30-29-16-18-6-10-23(11-7-18)32-17-20-5-9-21-3-1-2-4-22(21)13-20/h1-14,16H,17H2,(H,30,31)/b29-16+. The molecule has 0 atom stereocenters. The zero-order valence-corrected chi connectivity index (χ0v) is 17.0. The molecule has 0 fully saturated rings. The minimum absolute atomic E-state index is 0.144. The normalized spacial score (nSPS) is 10.8. The lowest BCUT2D eigenvalue weighted by Crippen LogP contribution is -2.19. The molecule has 0 unspecified atom stereocenters. The molecule has 0 aromatic heterocycles. The fraction of sp³-hybridized carbons (Fsp3) is 0.0385. The SMILES string of the molecule is N#Cc1ccc(C(=O)N/N=C/c2ccc(OCc3ccc4ccccc4c3)cc2)c(F)c1. The van der Waals surface area contributed by atoms with Crippen molar-refractivity contribution in [3.05, 3.63) is 113 Å². The lowest BCUT2D eigenvalue weighted by atomic mass is 10.1.